The number of hydrogen-bond donors (Lipinski definition) is 2. The molecule has 2 amide bonds. The van der Waals surface area contributed by atoms with Crippen molar-refractivity contribution in [2.45, 2.75) is 13.0 Å². The minimum atomic E-state index is -0.735. The Hall–Kier alpha value is -3.70. The van der Waals surface area contributed by atoms with Crippen molar-refractivity contribution in [2.75, 3.05) is 10.6 Å². The molecule has 0 fully saturated rings. The van der Waals surface area contributed by atoms with Gasteiger partial charge >= 0.3 is 0 Å². The first-order valence-electron chi connectivity index (χ1n) is 8.34. The lowest BCUT2D eigenvalue weighted by atomic mass is 10.2. The van der Waals surface area contributed by atoms with E-state index in [0.29, 0.717) is 27.7 Å². The van der Waals surface area contributed by atoms with Crippen molar-refractivity contribution in [3.8, 4) is 11.8 Å². The molecule has 0 bridgehead atoms. The summed E-state index contributed by atoms with van der Waals surface area (Å²) in [5, 5.41) is 16.5. The molecule has 7 nitrogen and oxygen atoms in total. The Morgan fingerprint density at radius 1 is 1.11 bits per heavy atom. The lowest BCUT2D eigenvalue weighted by molar-refractivity contribution is -0.122. The Labute approximate surface area is 165 Å². The van der Waals surface area contributed by atoms with Crippen LogP contribution >= 0.6 is 11.3 Å². The first-order valence-corrected chi connectivity index (χ1v) is 9.22. The van der Waals surface area contributed by atoms with Crippen LogP contribution in [0.15, 0.2) is 60.1 Å². The molecule has 0 spiro atoms. The van der Waals surface area contributed by atoms with Crippen molar-refractivity contribution in [1.29, 1.82) is 5.26 Å². The average Bonchev–Trinajstić information content (AvgIpc) is 3.22. The van der Waals surface area contributed by atoms with Gasteiger partial charge in [-0.25, -0.2) is 4.98 Å². The number of ether oxygens (including phenoxy) is 1. The summed E-state index contributed by atoms with van der Waals surface area (Å²) in [5.74, 6) is -0.106. The Balaban J connectivity index is 1.55. The Kier molecular flexibility index (Phi) is 5.99. The zero-order valence-corrected chi connectivity index (χ0v) is 15.7. The fourth-order valence-electron chi connectivity index (χ4n) is 2.27. The summed E-state index contributed by atoms with van der Waals surface area (Å²) in [6.07, 6.45) is 0.876. The second-order valence-electron chi connectivity index (χ2n) is 5.75. The second-order valence-corrected chi connectivity index (χ2v) is 6.65. The molecule has 0 saturated carbocycles. The van der Waals surface area contributed by atoms with Crippen LogP contribution in [-0.2, 0) is 4.79 Å². The third kappa shape index (κ3) is 4.93. The number of hydrogen-bond acceptors (Lipinski definition) is 6. The van der Waals surface area contributed by atoms with Crippen LogP contribution in [0, 0.1) is 11.3 Å². The molecule has 8 heteroatoms. The minimum absolute atomic E-state index is 0.273. The van der Waals surface area contributed by atoms with E-state index in [1.807, 2.05) is 6.07 Å². The molecular weight excluding hydrogens is 376 g/mol. The Bertz CT molecular complexity index is 993. The van der Waals surface area contributed by atoms with Crippen molar-refractivity contribution >= 4 is 34.0 Å². The van der Waals surface area contributed by atoms with Crippen LogP contribution in [0.5, 0.6) is 5.75 Å². The normalized spacial score (nSPS) is 11.1. The number of amides is 2. The zero-order chi connectivity index (χ0) is 19.9. The molecule has 3 rings (SSSR count). The highest BCUT2D eigenvalue weighted by Gasteiger charge is 2.15. The average molecular weight is 392 g/mol. The summed E-state index contributed by atoms with van der Waals surface area (Å²) in [4.78, 5) is 28.4. The summed E-state index contributed by atoms with van der Waals surface area (Å²) in [7, 11) is 0. The van der Waals surface area contributed by atoms with Crippen molar-refractivity contribution in [3.05, 3.63) is 71.2 Å². The third-order valence-electron chi connectivity index (χ3n) is 3.73. The van der Waals surface area contributed by atoms with E-state index in [1.54, 1.807) is 67.0 Å². The Morgan fingerprint density at radius 2 is 1.82 bits per heavy atom. The fourth-order valence-corrected chi connectivity index (χ4v) is 2.79. The summed E-state index contributed by atoms with van der Waals surface area (Å²) >= 11 is 1.33. The van der Waals surface area contributed by atoms with Crippen molar-refractivity contribution < 1.29 is 14.3 Å². The topological polar surface area (TPSA) is 104 Å². The van der Waals surface area contributed by atoms with E-state index in [4.69, 9.17) is 10.00 Å². The van der Waals surface area contributed by atoms with Gasteiger partial charge in [-0.3, -0.25) is 14.9 Å². The van der Waals surface area contributed by atoms with Gasteiger partial charge in [-0.2, -0.15) is 5.26 Å². The van der Waals surface area contributed by atoms with Gasteiger partial charge < -0.3 is 10.1 Å². The van der Waals surface area contributed by atoms with Gasteiger partial charge in [-0.1, -0.05) is 0 Å². The molecule has 2 aromatic carbocycles. The maximum Gasteiger partial charge on any atom is 0.265 e. The van der Waals surface area contributed by atoms with Crippen molar-refractivity contribution in [2.24, 2.45) is 0 Å². The van der Waals surface area contributed by atoms with Crippen LogP contribution in [0.3, 0.4) is 0 Å². The molecule has 2 N–H and O–H groups in total. The maximum atomic E-state index is 12.3. The van der Waals surface area contributed by atoms with Gasteiger partial charge in [0.2, 0.25) is 0 Å². The van der Waals surface area contributed by atoms with Gasteiger partial charge in [0.25, 0.3) is 11.8 Å². The monoisotopic (exact) mass is 392 g/mol. The summed E-state index contributed by atoms with van der Waals surface area (Å²) in [5.41, 5.74) is 1.52. The van der Waals surface area contributed by atoms with Crippen LogP contribution < -0.4 is 15.4 Å². The van der Waals surface area contributed by atoms with Crippen LogP contribution in [0.1, 0.15) is 22.8 Å². The number of carbonyl (C=O) groups excluding carboxylic acids is 2. The molecule has 28 heavy (non-hydrogen) atoms. The standard InChI is InChI=1S/C20H16N4O3S/c1-13(27-17-8-2-14(12-21)3-9-17)18(25)23-16-6-4-15(5-7-16)19(26)24-20-22-10-11-28-20/h2-11,13H,1H3,(H,23,25)(H,22,24,26). The van der Waals surface area contributed by atoms with Crippen LogP contribution in [-0.4, -0.2) is 22.9 Å². The quantitative estimate of drug-likeness (QED) is 0.666. The summed E-state index contributed by atoms with van der Waals surface area (Å²) < 4.78 is 5.58. The lowest BCUT2D eigenvalue weighted by Crippen LogP contribution is -2.30. The predicted molar refractivity (Wildman–Crippen MR) is 106 cm³/mol. The molecule has 1 heterocycles. The smallest absolute Gasteiger partial charge is 0.265 e. The van der Waals surface area contributed by atoms with Gasteiger partial charge in [-0.15, -0.1) is 11.3 Å². The highest BCUT2D eigenvalue weighted by atomic mass is 32.1. The maximum absolute atomic E-state index is 12.3. The highest BCUT2D eigenvalue weighted by Crippen LogP contribution is 2.16. The van der Waals surface area contributed by atoms with Crippen LogP contribution in [0.25, 0.3) is 0 Å². The van der Waals surface area contributed by atoms with E-state index >= 15 is 0 Å². The van der Waals surface area contributed by atoms with E-state index in [9.17, 15) is 9.59 Å². The number of nitriles is 1. The number of benzene rings is 2. The molecule has 1 unspecified atom stereocenters. The third-order valence-corrected chi connectivity index (χ3v) is 4.42. The zero-order valence-electron chi connectivity index (χ0n) is 14.9. The molecule has 0 aliphatic rings. The van der Waals surface area contributed by atoms with Crippen molar-refractivity contribution in [1.82, 2.24) is 4.98 Å². The summed E-state index contributed by atoms with van der Waals surface area (Å²) in [6.45, 7) is 1.63. The van der Waals surface area contributed by atoms with E-state index in [0.717, 1.165) is 0 Å². The lowest BCUT2D eigenvalue weighted by Gasteiger charge is -2.15. The molecule has 1 atom stereocenters. The number of nitrogens with zero attached hydrogens (tertiary/aromatic N) is 2. The van der Waals surface area contributed by atoms with E-state index < -0.39 is 6.10 Å². The number of thiazole rings is 1. The molecule has 0 aliphatic carbocycles. The largest absolute Gasteiger partial charge is 0.481 e. The van der Waals surface area contributed by atoms with Crippen molar-refractivity contribution in [3.63, 3.8) is 0 Å². The number of carbonyl (C=O) groups is 2. The van der Waals surface area contributed by atoms with Crippen LogP contribution in [0.2, 0.25) is 0 Å². The molecule has 3 aromatic rings. The highest BCUT2D eigenvalue weighted by molar-refractivity contribution is 7.13. The number of nitrogens with one attached hydrogen (secondary N) is 2. The van der Waals surface area contributed by atoms with Gasteiger partial charge in [0, 0.05) is 22.8 Å². The molecule has 0 aliphatic heterocycles. The van der Waals surface area contributed by atoms with Gasteiger partial charge in [0.05, 0.1) is 11.6 Å². The second kappa shape index (κ2) is 8.79. The van der Waals surface area contributed by atoms with Gasteiger partial charge in [-0.05, 0) is 55.5 Å². The molecule has 140 valence electrons. The Morgan fingerprint density at radius 3 is 2.43 bits per heavy atom. The fraction of sp³-hybridized carbons (Fsp3) is 0.100. The molecule has 0 radical (unpaired) electrons. The molecular formula is C20H16N4O3S. The first kappa shape index (κ1) is 19.1. The van der Waals surface area contributed by atoms with E-state index in [2.05, 4.69) is 15.6 Å². The van der Waals surface area contributed by atoms with E-state index in [-0.39, 0.29) is 11.8 Å². The number of rotatable bonds is 6. The van der Waals surface area contributed by atoms with Gasteiger partial charge in [0.15, 0.2) is 11.2 Å². The number of anilines is 2. The molecule has 0 saturated heterocycles. The molecule has 1 aromatic heterocycles. The SMILES string of the molecule is CC(Oc1ccc(C#N)cc1)C(=O)Nc1ccc(C(=O)Nc2nccs2)cc1. The van der Waals surface area contributed by atoms with E-state index in [1.165, 1.54) is 11.3 Å². The summed E-state index contributed by atoms with van der Waals surface area (Å²) in [6, 6.07) is 15.1. The van der Waals surface area contributed by atoms with Crippen LogP contribution in [0.4, 0.5) is 10.8 Å². The van der Waals surface area contributed by atoms with Gasteiger partial charge in [0.1, 0.15) is 5.75 Å². The predicted octanol–water partition coefficient (Wildman–Crippen LogP) is 3.67. The first-order chi connectivity index (χ1) is 13.5. The minimum Gasteiger partial charge on any atom is -0.481 e. The number of aromatic nitrogens is 1.